The number of carbonyl (C=O) groups excluding carboxylic acids is 1. The van der Waals surface area contributed by atoms with E-state index < -0.39 is 0 Å². The van der Waals surface area contributed by atoms with Crippen LogP contribution in [0.4, 0.5) is 0 Å². The van der Waals surface area contributed by atoms with Gasteiger partial charge < -0.3 is 11.1 Å². The quantitative estimate of drug-likeness (QED) is 0.870. The van der Waals surface area contributed by atoms with Gasteiger partial charge in [-0.15, -0.1) is 0 Å². The summed E-state index contributed by atoms with van der Waals surface area (Å²) >= 11 is 3.37. The average Bonchev–Trinajstić information content (AvgIpc) is 2.30. The molecule has 16 heavy (non-hydrogen) atoms. The van der Waals surface area contributed by atoms with Gasteiger partial charge in [0.25, 0.3) is 0 Å². The van der Waals surface area contributed by atoms with E-state index in [0.717, 1.165) is 16.5 Å². The molecule has 3 nitrogen and oxygen atoms in total. The van der Waals surface area contributed by atoms with Crippen molar-refractivity contribution in [2.45, 2.75) is 19.9 Å². The molecule has 1 unspecified atom stereocenters. The van der Waals surface area contributed by atoms with Crippen molar-refractivity contribution in [1.82, 2.24) is 5.32 Å². The van der Waals surface area contributed by atoms with Crippen molar-refractivity contribution in [2.24, 2.45) is 11.7 Å². The molecule has 0 aliphatic rings. The van der Waals surface area contributed by atoms with Gasteiger partial charge in [-0.2, -0.15) is 0 Å². The molecule has 0 aliphatic carbocycles. The first-order valence-electron chi connectivity index (χ1n) is 5.39. The third kappa shape index (κ3) is 3.94. The third-order valence-corrected chi connectivity index (χ3v) is 3.06. The van der Waals surface area contributed by atoms with E-state index in [1.165, 1.54) is 0 Å². The van der Waals surface area contributed by atoms with Crippen LogP contribution >= 0.6 is 15.9 Å². The molecule has 0 aromatic heterocycles. The van der Waals surface area contributed by atoms with Crippen LogP contribution in [0.25, 0.3) is 0 Å². The van der Waals surface area contributed by atoms with Crippen molar-refractivity contribution in [3.63, 3.8) is 0 Å². The van der Waals surface area contributed by atoms with Crippen LogP contribution in [0.15, 0.2) is 28.7 Å². The molecule has 0 radical (unpaired) electrons. The van der Waals surface area contributed by atoms with Crippen LogP contribution in [0.5, 0.6) is 0 Å². The molecule has 1 aromatic rings. The Bertz CT molecular complexity index is 333. The van der Waals surface area contributed by atoms with Gasteiger partial charge >= 0.3 is 0 Å². The molecule has 0 bridgehead atoms. The molecule has 0 fully saturated rings. The van der Waals surface area contributed by atoms with Gasteiger partial charge in [-0.1, -0.05) is 35.0 Å². The van der Waals surface area contributed by atoms with E-state index in [4.69, 9.17) is 5.73 Å². The van der Waals surface area contributed by atoms with Crippen LogP contribution in [-0.2, 0) is 11.3 Å². The number of benzene rings is 1. The van der Waals surface area contributed by atoms with Gasteiger partial charge in [-0.05, 0) is 24.1 Å². The highest BCUT2D eigenvalue weighted by Gasteiger charge is 2.13. The highest BCUT2D eigenvalue weighted by atomic mass is 79.9. The van der Waals surface area contributed by atoms with Crippen LogP contribution in [0, 0.1) is 5.92 Å². The van der Waals surface area contributed by atoms with Crippen molar-refractivity contribution in [3.05, 3.63) is 34.3 Å². The Labute approximate surface area is 105 Å². The molecule has 3 N–H and O–H groups in total. The van der Waals surface area contributed by atoms with Gasteiger partial charge in [0.05, 0.1) is 0 Å². The van der Waals surface area contributed by atoms with Crippen LogP contribution in [0.3, 0.4) is 0 Å². The maximum atomic E-state index is 11.6. The number of carbonyl (C=O) groups is 1. The van der Waals surface area contributed by atoms with E-state index in [9.17, 15) is 4.79 Å². The number of hydrogen-bond donors (Lipinski definition) is 2. The monoisotopic (exact) mass is 284 g/mol. The molecule has 0 spiro atoms. The van der Waals surface area contributed by atoms with Gasteiger partial charge in [0.2, 0.25) is 5.91 Å². The standard InChI is InChI=1S/C12H17BrN2O/c1-2-10(7-14)12(16)15-8-9-3-5-11(13)6-4-9/h3-6,10H,2,7-8,14H2,1H3,(H,15,16). The summed E-state index contributed by atoms with van der Waals surface area (Å²) in [4.78, 5) is 11.6. The Balaban J connectivity index is 2.45. The maximum absolute atomic E-state index is 11.6. The van der Waals surface area contributed by atoms with E-state index in [1.807, 2.05) is 31.2 Å². The molecule has 1 amide bonds. The van der Waals surface area contributed by atoms with E-state index in [1.54, 1.807) is 0 Å². The summed E-state index contributed by atoms with van der Waals surface area (Å²) in [6, 6.07) is 7.88. The SMILES string of the molecule is CCC(CN)C(=O)NCc1ccc(Br)cc1. The van der Waals surface area contributed by atoms with E-state index in [-0.39, 0.29) is 11.8 Å². The molecular formula is C12H17BrN2O. The molecule has 1 rings (SSSR count). The fourth-order valence-corrected chi connectivity index (χ4v) is 1.66. The molecule has 4 heteroatoms. The summed E-state index contributed by atoms with van der Waals surface area (Å²) in [5, 5.41) is 2.89. The zero-order chi connectivity index (χ0) is 12.0. The van der Waals surface area contributed by atoms with Crippen molar-refractivity contribution in [2.75, 3.05) is 6.54 Å². The van der Waals surface area contributed by atoms with Crippen LogP contribution in [0.2, 0.25) is 0 Å². The number of hydrogen-bond acceptors (Lipinski definition) is 2. The van der Waals surface area contributed by atoms with Gasteiger partial charge in [0.15, 0.2) is 0 Å². The van der Waals surface area contributed by atoms with Crippen molar-refractivity contribution in [1.29, 1.82) is 0 Å². The first-order chi connectivity index (χ1) is 7.67. The Morgan fingerprint density at radius 2 is 2.06 bits per heavy atom. The zero-order valence-electron chi connectivity index (χ0n) is 9.37. The smallest absolute Gasteiger partial charge is 0.224 e. The lowest BCUT2D eigenvalue weighted by molar-refractivity contribution is -0.124. The number of amides is 1. The normalized spacial score (nSPS) is 12.2. The molecule has 0 aliphatic heterocycles. The molecule has 88 valence electrons. The second-order valence-corrected chi connectivity index (χ2v) is 4.60. The summed E-state index contributed by atoms with van der Waals surface area (Å²) in [7, 11) is 0. The van der Waals surface area contributed by atoms with Gasteiger partial charge in [0.1, 0.15) is 0 Å². The number of rotatable bonds is 5. The van der Waals surface area contributed by atoms with Crippen LogP contribution < -0.4 is 11.1 Å². The van der Waals surface area contributed by atoms with Gasteiger partial charge in [-0.25, -0.2) is 0 Å². The summed E-state index contributed by atoms with van der Waals surface area (Å²) in [6.45, 7) is 2.93. The Morgan fingerprint density at radius 3 is 2.56 bits per heavy atom. The maximum Gasteiger partial charge on any atom is 0.224 e. The number of nitrogens with one attached hydrogen (secondary N) is 1. The first-order valence-corrected chi connectivity index (χ1v) is 6.19. The topological polar surface area (TPSA) is 55.1 Å². The third-order valence-electron chi connectivity index (χ3n) is 2.53. The van der Waals surface area contributed by atoms with Crippen molar-refractivity contribution < 1.29 is 4.79 Å². The lowest BCUT2D eigenvalue weighted by Gasteiger charge is -2.12. The Hall–Kier alpha value is -0.870. The van der Waals surface area contributed by atoms with Gasteiger partial charge in [-0.3, -0.25) is 4.79 Å². The fraction of sp³-hybridized carbons (Fsp3) is 0.417. The van der Waals surface area contributed by atoms with Crippen LogP contribution in [-0.4, -0.2) is 12.5 Å². The highest BCUT2D eigenvalue weighted by Crippen LogP contribution is 2.10. The van der Waals surface area contributed by atoms with E-state index in [0.29, 0.717) is 13.1 Å². The molecular weight excluding hydrogens is 268 g/mol. The largest absolute Gasteiger partial charge is 0.352 e. The summed E-state index contributed by atoms with van der Waals surface area (Å²) < 4.78 is 1.04. The Morgan fingerprint density at radius 1 is 1.44 bits per heavy atom. The predicted molar refractivity (Wildman–Crippen MR) is 68.8 cm³/mol. The molecule has 1 atom stereocenters. The van der Waals surface area contributed by atoms with Crippen LogP contribution in [0.1, 0.15) is 18.9 Å². The van der Waals surface area contributed by atoms with E-state index in [2.05, 4.69) is 21.2 Å². The minimum absolute atomic E-state index is 0.0351. The minimum atomic E-state index is -0.0737. The summed E-state index contributed by atoms with van der Waals surface area (Å²) in [5.74, 6) is -0.0385. The zero-order valence-corrected chi connectivity index (χ0v) is 11.0. The number of halogens is 1. The lowest BCUT2D eigenvalue weighted by atomic mass is 10.1. The van der Waals surface area contributed by atoms with Gasteiger partial charge in [0, 0.05) is 23.5 Å². The molecule has 0 heterocycles. The molecule has 1 aromatic carbocycles. The lowest BCUT2D eigenvalue weighted by Crippen LogP contribution is -2.34. The predicted octanol–water partition coefficient (Wildman–Crippen LogP) is 2.05. The number of nitrogens with two attached hydrogens (primary N) is 1. The molecule has 0 saturated heterocycles. The average molecular weight is 285 g/mol. The fourth-order valence-electron chi connectivity index (χ4n) is 1.39. The van der Waals surface area contributed by atoms with Crippen molar-refractivity contribution >= 4 is 21.8 Å². The second-order valence-electron chi connectivity index (χ2n) is 3.69. The Kier molecular flexibility index (Phi) is 5.49. The van der Waals surface area contributed by atoms with Crippen molar-refractivity contribution in [3.8, 4) is 0 Å². The molecule has 0 saturated carbocycles. The second kappa shape index (κ2) is 6.66. The minimum Gasteiger partial charge on any atom is -0.352 e. The summed E-state index contributed by atoms with van der Waals surface area (Å²) in [6.07, 6.45) is 0.780. The highest BCUT2D eigenvalue weighted by molar-refractivity contribution is 9.10. The van der Waals surface area contributed by atoms with E-state index >= 15 is 0 Å². The first kappa shape index (κ1) is 13.2. The summed E-state index contributed by atoms with van der Waals surface area (Å²) in [5.41, 5.74) is 6.59.